The highest BCUT2D eigenvalue weighted by molar-refractivity contribution is 7.09. The molecule has 0 saturated carbocycles. The van der Waals surface area contributed by atoms with Gasteiger partial charge in [0.05, 0.1) is 17.2 Å². The molecule has 100 valence electrons. The lowest BCUT2D eigenvalue weighted by molar-refractivity contribution is -0.123. The number of carbonyl (C=O) groups is 1. The maximum atomic E-state index is 12.7. The van der Waals surface area contributed by atoms with Crippen LogP contribution >= 0.6 is 11.3 Å². The number of carbonyl (C=O) groups excluding carboxylic acids is 1. The van der Waals surface area contributed by atoms with Crippen molar-refractivity contribution < 1.29 is 13.9 Å². The third-order valence-corrected chi connectivity index (χ3v) is 3.14. The van der Waals surface area contributed by atoms with Gasteiger partial charge in [0.2, 0.25) is 0 Å². The van der Waals surface area contributed by atoms with Crippen molar-refractivity contribution in [2.45, 2.75) is 13.5 Å². The molecule has 1 aromatic carbocycles. The van der Waals surface area contributed by atoms with E-state index in [4.69, 9.17) is 4.74 Å². The predicted molar refractivity (Wildman–Crippen MR) is 70.6 cm³/mol. The van der Waals surface area contributed by atoms with Crippen molar-refractivity contribution in [3.05, 3.63) is 46.2 Å². The van der Waals surface area contributed by atoms with Gasteiger partial charge in [-0.25, -0.2) is 9.37 Å². The van der Waals surface area contributed by atoms with Crippen molar-refractivity contribution in [2.75, 3.05) is 6.61 Å². The Balaban J connectivity index is 1.74. The topological polar surface area (TPSA) is 51.2 Å². The highest BCUT2D eigenvalue weighted by Gasteiger charge is 2.04. The Kier molecular flexibility index (Phi) is 4.46. The van der Waals surface area contributed by atoms with Gasteiger partial charge >= 0.3 is 0 Å². The molecule has 6 heteroatoms. The quantitative estimate of drug-likeness (QED) is 0.914. The number of benzene rings is 1. The number of rotatable bonds is 5. The fourth-order valence-electron chi connectivity index (χ4n) is 1.41. The fraction of sp³-hybridized carbons (Fsp3) is 0.231. The van der Waals surface area contributed by atoms with Crippen molar-refractivity contribution in [3.63, 3.8) is 0 Å². The Labute approximate surface area is 114 Å². The van der Waals surface area contributed by atoms with Gasteiger partial charge in [-0.05, 0) is 31.2 Å². The number of hydrogen-bond acceptors (Lipinski definition) is 4. The lowest BCUT2D eigenvalue weighted by atomic mass is 10.3. The van der Waals surface area contributed by atoms with Crippen LogP contribution in [0.1, 0.15) is 10.7 Å². The number of aryl methyl sites for hydroxylation is 1. The number of amides is 1. The zero-order valence-electron chi connectivity index (χ0n) is 10.4. The molecule has 0 unspecified atom stereocenters. The molecule has 1 N–H and O–H groups in total. The molecule has 1 amide bonds. The van der Waals surface area contributed by atoms with E-state index in [0.717, 1.165) is 10.7 Å². The molecule has 2 rings (SSSR count). The van der Waals surface area contributed by atoms with E-state index in [-0.39, 0.29) is 18.3 Å². The maximum Gasteiger partial charge on any atom is 0.258 e. The molecule has 0 atom stereocenters. The summed E-state index contributed by atoms with van der Waals surface area (Å²) in [5.74, 6) is -0.119. The Morgan fingerprint density at radius 3 is 2.79 bits per heavy atom. The van der Waals surface area contributed by atoms with E-state index in [9.17, 15) is 9.18 Å². The summed E-state index contributed by atoms with van der Waals surface area (Å²) in [7, 11) is 0. The van der Waals surface area contributed by atoms with Crippen LogP contribution < -0.4 is 10.1 Å². The molecule has 0 saturated heterocycles. The van der Waals surface area contributed by atoms with Crippen molar-refractivity contribution in [1.29, 1.82) is 0 Å². The van der Waals surface area contributed by atoms with Crippen LogP contribution in [0.25, 0.3) is 0 Å². The molecule has 0 aliphatic carbocycles. The summed E-state index contributed by atoms with van der Waals surface area (Å²) in [6.45, 7) is 2.19. The lowest BCUT2D eigenvalue weighted by Gasteiger charge is -2.06. The molecule has 0 fully saturated rings. The van der Waals surface area contributed by atoms with E-state index in [1.165, 1.54) is 35.6 Å². The Bertz CT molecular complexity index is 554. The number of nitrogens with one attached hydrogen (secondary N) is 1. The molecular weight excluding hydrogens is 267 g/mol. The van der Waals surface area contributed by atoms with Gasteiger partial charge in [0.25, 0.3) is 5.91 Å². The first-order valence-electron chi connectivity index (χ1n) is 5.69. The minimum Gasteiger partial charge on any atom is -0.484 e. The molecule has 4 nitrogen and oxygen atoms in total. The second-order valence-electron chi connectivity index (χ2n) is 3.88. The molecule has 0 aliphatic heterocycles. The van der Waals surface area contributed by atoms with E-state index < -0.39 is 0 Å². The zero-order chi connectivity index (χ0) is 13.7. The van der Waals surface area contributed by atoms with Crippen LogP contribution in [0.15, 0.2) is 29.6 Å². The van der Waals surface area contributed by atoms with Gasteiger partial charge in [0.1, 0.15) is 11.6 Å². The first-order chi connectivity index (χ1) is 9.13. The number of thiazole rings is 1. The van der Waals surface area contributed by atoms with Gasteiger partial charge in [-0.2, -0.15) is 0 Å². The number of aromatic nitrogens is 1. The van der Waals surface area contributed by atoms with Gasteiger partial charge in [-0.15, -0.1) is 11.3 Å². The van der Waals surface area contributed by atoms with E-state index in [1.54, 1.807) is 0 Å². The van der Waals surface area contributed by atoms with Crippen LogP contribution in [0.3, 0.4) is 0 Å². The van der Waals surface area contributed by atoms with Gasteiger partial charge in [0.15, 0.2) is 6.61 Å². The average Bonchev–Trinajstić information content (AvgIpc) is 2.81. The number of ether oxygens (including phenoxy) is 1. The molecule has 0 radical (unpaired) electrons. The highest BCUT2D eigenvalue weighted by atomic mass is 32.1. The van der Waals surface area contributed by atoms with Gasteiger partial charge < -0.3 is 10.1 Å². The van der Waals surface area contributed by atoms with E-state index >= 15 is 0 Å². The fourth-order valence-corrected chi connectivity index (χ4v) is 2.02. The van der Waals surface area contributed by atoms with Crippen molar-refractivity contribution in [1.82, 2.24) is 10.3 Å². The third kappa shape index (κ3) is 4.33. The van der Waals surface area contributed by atoms with Gasteiger partial charge in [0, 0.05) is 5.38 Å². The maximum absolute atomic E-state index is 12.7. The van der Waals surface area contributed by atoms with Crippen molar-refractivity contribution >= 4 is 17.2 Å². The first-order valence-corrected chi connectivity index (χ1v) is 6.57. The number of halogens is 1. The largest absolute Gasteiger partial charge is 0.484 e. The van der Waals surface area contributed by atoms with Crippen molar-refractivity contribution in [2.24, 2.45) is 0 Å². The summed E-state index contributed by atoms with van der Waals surface area (Å²) in [4.78, 5) is 15.8. The predicted octanol–water partition coefficient (Wildman–Crippen LogP) is 2.29. The molecule has 1 aromatic heterocycles. The Morgan fingerprint density at radius 2 is 2.16 bits per heavy atom. The molecule has 1 heterocycles. The van der Waals surface area contributed by atoms with Crippen LogP contribution in [0.4, 0.5) is 4.39 Å². The lowest BCUT2D eigenvalue weighted by Crippen LogP contribution is -2.28. The second-order valence-corrected chi connectivity index (χ2v) is 4.94. The zero-order valence-corrected chi connectivity index (χ0v) is 11.2. The van der Waals surface area contributed by atoms with Crippen LogP contribution in [-0.4, -0.2) is 17.5 Å². The first kappa shape index (κ1) is 13.5. The van der Waals surface area contributed by atoms with Crippen LogP contribution in [0.5, 0.6) is 5.75 Å². The standard InChI is InChI=1S/C13H13FN2O2S/c1-9-16-11(8-19-9)6-15-13(17)7-18-12-4-2-10(14)3-5-12/h2-5,8H,6-7H2,1H3,(H,15,17). The van der Waals surface area contributed by atoms with Gasteiger partial charge in [-0.3, -0.25) is 4.79 Å². The number of hydrogen-bond donors (Lipinski definition) is 1. The summed E-state index contributed by atoms with van der Waals surface area (Å²) in [5, 5.41) is 5.56. The molecule has 2 aromatic rings. The minimum atomic E-state index is -0.337. The number of nitrogens with zero attached hydrogens (tertiary/aromatic N) is 1. The monoisotopic (exact) mass is 280 g/mol. The Morgan fingerprint density at radius 1 is 1.42 bits per heavy atom. The summed E-state index contributed by atoms with van der Waals surface area (Å²) in [5.41, 5.74) is 0.831. The summed E-state index contributed by atoms with van der Waals surface area (Å²) in [6, 6.07) is 5.52. The highest BCUT2D eigenvalue weighted by Crippen LogP contribution is 2.10. The molecular formula is C13H13FN2O2S. The van der Waals surface area contributed by atoms with Crippen LogP contribution in [-0.2, 0) is 11.3 Å². The van der Waals surface area contributed by atoms with Gasteiger partial charge in [-0.1, -0.05) is 0 Å². The van der Waals surface area contributed by atoms with E-state index in [0.29, 0.717) is 12.3 Å². The smallest absolute Gasteiger partial charge is 0.258 e. The molecule has 0 bridgehead atoms. The van der Waals surface area contributed by atoms with Crippen LogP contribution in [0, 0.1) is 12.7 Å². The average molecular weight is 280 g/mol. The Hall–Kier alpha value is -1.95. The summed E-state index contributed by atoms with van der Waals surface area (Å²) < 4.78 is 17.9. The third-order valence-electron chi connectivity index (χ3n) is 2.32. The second kappa shape index (κ2) is 6.29. The summed E-state index contributed by atoms with van der Waals surface area (Å²) >= 11 is 1.54. The molecule has 19 heavy (non-hydrogen) atoms. The normalized spacial score (nSPS) is 10.2. The van der Waals surface area contributed by atoms with Crippen molar-refractivity contribution in [3.8, 4) is 5.75 Å². The minimum absolute atomic E-state index is 0.102. The van der Waals surface area contributed by atoms with E-state index in [1.807, 2.05) is 12.3 Å². The molecule has 0 spiro atoms. The van der Waals surface area contributed by atoms with E-state index in [2.05, 4.69) is 10.3 Å². The summed E-state index contributed by atoms with van der Waals surface area (Å²) in [6.07, 6.45) is 0. The molecule has 0 aliphatic rings. The SMILES string of the molecule is Cc1nc(CNC(=O)COc2ccc(F)cc2)cs1. The van der Waals surface area contributed by atoms with Crippen LogP contribution in [0.2, 0.25) is 0 Å².